The minimum Gasteiger partial charge on any atom is -0.444 e. The maximum atomic E-state index is 13.1. The normalized spacial score (nSPS) is 22.0. The quantitative estimate of drug-likeness (QED) is 0.232. The number of hydrogen-bond acceptors (Lipinski definition) is 8. The van der Waals surface area contributed by atoms with Crippen LogP contribution < -0.4 is 10.8 Å². The van der Waals surface area contributed by atoms with Crippen LogP contribution in [0.3, 0.4) is 0 Å². The van der Waals surface area contributed by atoms with Crippen LogP contribution in [0.5, 0.6) is 0 Å². The van der Waals surface area contributed by atoms with Crippen molar-refractivity contribution in [3.63, 3.8) is 0 Å². The Hall–Kier alpha value is -1.85. The van der Waals surface area contributed by atoms with Crippen molar-refractivity contribution in [2.45, 2.75) is 122 Å². The van der Waals surface area contributed by atoms with Crippen molar-refractivity contribution in [1.29, 1.82) is 0 Å². The number of carbonyl (C=O) groups is 2. The van der Waals surface area contributed by atoms with Gasteiger partial charge in [0.15, 0.2) is 5.16 Å². The molecule has 2 amide bonds. The van der Waals surface area contributed by atoms with Gasteiger partial charge in [0.1, 0.15) is 11.6 Å². The number of piperidine rings is 1. The van der Waals surface area contributed by atoms with Crippen LogP contribution in [0.1, 0.15) is 87.5 Å². The summed E-state index contributed by atoms with van der Waals surface area (Å²) in [6, 6.07) is -0.447. The van der Waals surface area contributed by atoms with E-state index in [-0.39, 0.29) is 11.9 Å². The number of likely N-dealkylation sites (tertiary alicyclic amines) is 1. The molecule has 2 aliphatic rings. The largest absolute Gasteiger partial charge is 0.498 e. The van der Waals surface area contributed by atoms with Crippen LogP contribution in [0.15, 0.2) is 17.6 Å². The number of amides is 2. The number of rotatable bonds is 8. The highest BCUT2D eigenvalue weighted by molar-refractivity contribution is 7.99. The second kappa shape index (κ2) is 11.9. The first kappa shape index (κ1) is 29.7. The van der Waals surface area contributed by atoms with Crippen molar-refractivity contribution in [1.82, 2.24) is 20.2 Å². The van der Waals surface area contributed by atoms with Gasteiger partial charge < -0.3 is 24.3 Å². The molecule has 1 aromatic heterocycles. The number of carbonyl (C=O) groups excluding carboxylic acids is 2. The van der Waals surface area contributed by atoms with Crippen LogP contribution in [0.4, 0.5) is 4.79 Å². The second-order valence-corrected chi connectivity index (χ2v) is 13.0. The fourth-order valence-electron chi connectivity index (χ4n) is 4.37. The molecule has 0 aliphatic carbocycles. The first-order valence-electron chi connectivity index (χ1n) is 13.3. The molecular formula is C26H43BN4O5S. The molecule has 1 N–H and O–H groups in total. The number of nitrogens with one attached hydrogen (secondary N) is 1. The topological polar surface area (TPSA) is 103 Å². The summed E-state index contributed by atoms with van der Waals surface area (Å²) >= 11 is 1.61. The summed E-state index contributed by atoms with van der Waals surface area (Å²) in [5.74, 6) is 0.810. The zero-order chi connectivity index (χ0) is 27.4. The minimum atomic E-state index is -0.624. The predicted octanol–water partition coefficient (Wildman–Crippen LogP) is 3.94. The number of thioether (sulfide) groups is 1. The van der Waals surface area contributed by atoms with Crippen LogP contribution in [-0.2, 0) is 18.8 Å². The molecule has 9 nitrogen and oxygen atoms in total. The molecular weight excluding hydrogens is 491 g/mol. The van der Waals surface area contributed by atoms with Gasteiger partial charge >= 0.3 is 13.2 Å². The summed E-state index contributed by atoms with van der Waals surface area (Å²) in [5.41, 5.74) is -0.589. The lowest BCUT2D eigenvalue weighted by Gasteiger charge is -2.37. The maximum absolute atomic E-state index is 13.1. The van der Waals surface area contributed by atoms with Gasteiger partial charge in [0.2, 0.25) is 5.91 Å². The Balaban J connectivity index is 1.45. The van der Waals surface area contributed by atoms with Gasteiger partial charge in [-0.1, -0.05) is 11.8 Å². The molecule has 0 spiro atoms. The summed E-state index contributed by atoms with van der Waals surface area (Å²) in [6.07, 6.45) is 7.91. The van der Waals surface area contributed by atoms with Crippen molar-refractivity contribution < 1.29 is 23.6 Å². The van der Waals surface area contributed by atoms with Crippen molar-refractivity contribution in [3.8, 4) is 0 Å². The monoisotopic (exact) mass is 534 g/mol. The number of alkyl carbamates (subject to hydrolysis) is 1. The second-order valence-electron chi connectivity index (χ2n) is 11.9. The average Bonchev–Trinajstić information content (AvgIpc) is 3.02. The van der Waals surface area contributed by atoms with Gasteiger partial charge in [-0.3, -0.25) is 4.79 Å². The van der Waals surface area contributed by atoms with E-state index in [0.717, 1.165) is 49.9 Å². The molecule has 0 radical (unpaired) electrons. The smallest absolute Gasteiger partial charge is 0.444 e. The van der Waals surface area contributed by atoms with Crippen LogP contribution in [-0.4, -0.2) is 75.2 Å². The third-order valence-electron chi connectivity index (χ3n) is 7.10. The van der Waals surface area contributed by atoms with Gasteiger partial charge in [-0.05, 0) is 87.5 Å². The van der Waals surface area contributed by atoms with Crippen LogP contribution in [0.2, 0.25) is 0 Å². The molecule has 37 heavy (non-hydrogen) atoms. The first-order valence-corrected chi connectivity index (χ1v) is 14.3. The maximum Gasteiger partial charge on any atom is 0.498 e. The van der Waals surface area contributed by atoms with E-state index >= 15 is 0 Å². The summed E-state index contributed by atoms with van der Waals surface area (Å²) in [7, 11) is -0.467. The number of nitrogens with zero attached hydrogens (tertiary/aromatic N) is 3. The van der Waals surface area contributed by atoms with E-state index in [2.05, 4.69) is 15.3 Å². The summed E-state index contributed by atoms with van der Waals surface area (Å²) in [4.78, 5) is 36.1. The van der Waals surface area contributed by atoms with Crippen LogP contribution in [0, 0.1) is 0 Å². The van der Waals surface area contributed by atoms with E-state index < -0.39 is 36.1 Å². The highest BCUT2D eigenvalue weighted by Gasteiger charge is 2.52. The molecule has 0 bridgehead atoms. The summed E-state index contributed by atoms with van der Waals surface area (Å²) in [5, 5.41) is 3.40. The van der Waals surface area contributed by atoms with Crippen molar-refractivity contribution in [2.24, 2.45) is 0 Å². The summed E-state index contributed by atoms with van der Waals surface area (Å²) < 4.78 is 17.4. The third kappa shape index (κ3) is 8.07. The van der Waals surface area contributed by atoms with E-state index in [1.807, 2.05) is 32.6 Å². The molecule has 3 heterocycles. The minimum absolute atomic E-state index is 0.0511. The Labute approximate surface area is 226 Å². The van der Waals surface area contributed by atoms with Gasteiger partial charge in [0, 0.05) is 36.2 Å². The molecule has 3 rings (SSSR count). The molecule has 2 aliphatic heterocycles. The van der Waals surface area contributed by atoms with Crippen LogP contribution in [0.25, 0.3) is 0 Å². The number of ether oxygens (including phenoxy) is 1. The Kier molecular flexibility index (Phi) is 9.56. The Morgan fingerprint density at radius 3 is 2.41 bits per heavy atom. The number of aromatic nitrogens is 2. The van der Waals surface area contributed by atoms with Gasteiger partial charge in [-0.25, -0.2) is 14.8 Å². The average molecular weight is 535 g/mol. The molecule has 206 valence electrons. The standard InChI is InChI=1S/C26H43BN4O5S/c1-18(30-23(33)34-24(2,3)4)21(32)31-14-10-9-12-20(31)13-11-15-37-22-28-16-19(17-29-22)27-35-25(5,6)26(7,8)36-27/h16-18,20H,9-15H2,1-8H3,(H,30,33)/t18-,20+/m1/s1. The Morgan fingerprint density at radius 1 is 1.19 bits per heavy atom. The molecule has 0 unspecified atom stereocenters. The lowest BCUT2D eigenvalue weighted by molar-refractivity contribution is -0.136. The van der Waals surface area contributed by atoms with Gasteiger partial charge in [-0.15, -0.1) is 0 Å². The van der Waals surface area contributed by atoms with Gasteiger partial charge in [0.25, 0.3) is 0 Å². The number of hydrogen-bond donors (Lipinski definition) is 1. The van der Waals surface area contributed by atoms with E-state index in [1.54, 1.807) is 51.9 Å². The molecule has 2 fully saturated rings. The molecule has 11 heteroatoms. The molecule has 0 saturated carbocycles. The lowest BCUT2D eigenvalue weighted by atomic mass is 9.81. The zero-order valence-electron chi connectivity index (χ0n) is 23.6. The lowest BCUT2D eigenvalue weighted by Crippen LogP contribution is -2.52. The fraction of sp³-hybridized carbons (Fsp3) is 0.769. The first-order chi connectivity index (χ1) is 17.2. The molecule has 2 saturated heterocycles. The van der Waals surface area contributed by atoms with Gasteiger partial charge in [0.05, 0.1) is 11.2 Å². The van der Waals surface area contributed by atoms with Crippen molar-refractivity contribution in [3.05, 3.63) is 12.4 Å². The van der Waals surface area contributed by atoms with E-state index in [0.29, 0.717) is 5.16 Å². The SMILES string of the molecule is C[C@@H](NC(=O)OC(C)(C)C)C(=O)N1CCCC[C@H]1CCCSc1ncc(B2OC(C)(C)C(C)(C)O2)cn1. The summed E-state index contributed by atoms with van der Waals surface area (Å²) in [6.45, 7) is 16.0. The molecule has 1 aromatic rings. The van der Waals surface area contributed by atoms with Crippen molar-refractivity contribution in [2.75, 3.05) is 12.3 Å². The Bertz CT molecular complexity index is 922. The zero-order valence-corrected chi connectivity index (χ0v) is 24.4. The van der Waals surface area contributed by atoms with Crippen LogP contribution >= 0.6 is 11.8 Å². The third-order valence-corrected chi connectivity index (χ3v) is 8.06. The van der Waals surface area contributed by atoms with E-state index in [4.69, 9.17) is 14.0 Å². The van der Waals surface area contributed by atoms with E-state index in [1.165, 1.54) is 0 Å². The fourth-order valence-corrected chi connectivity index (χ4v) is 5.12. The highest BCUT2D eigenvalue weighted by Crippen LogP contribution is 2.36. The van der Waals surface area contributed by atoms with E-state index in [9.17, 15) is 9.59 Å². The molecule has 2 atom stereocenters. The predicted molar refractivity (Wildman–Crippen MR) is 146 cm³/mol. The highest BCUT2D eigenvalue weighted by atomic mass is 32.2. The van der Waals surface area contributed by atoms with Gasteiger partial charge in [-0.2, -0.15) is 0 Å². The Morgan fingerprint density at radius 2 is 1.81 bits per heavy atom. The molecule has 0 aromatic carbocycles. The van der Waals surface area contributed by atoms with Crippen molar-refractivity contribution >= 4 is 36.3 Å².